The van der Waals surface area contributed by atoms with E-state index in [4.69, 9.17) is 4.74 Å². The van der Waals surface area contributed by atoms with Crippen molar-refractivity contribution < 1.29 is 27.8 Å². The van der Waals surface area contributed by atoms with Gasteiger partial charge in [-0.3, -0.25) is 14.3 Å². The van der Waals surface area contributed by atoms with Crippen molar-refractivity contribution in [1.82, 2.24) is 19.9 Å². The fraction of sp³-hybridized carbons (Fsp3) is 0.286. The molecule has 0 radical (unpaired) electrons. The van der Waals surface area contributed by atoms with Crippen LogP contribution in [0.4, 0.5) is 13.2 Å². The smallest absolute Gasteiger partial charge is 0.405 e. The first-order valence-corrected chi connectivity index (χ1v) is 9.36. The molecule has 2 heterocycles. The predicted molar refractivity (Wildman–Crippen MR) is 107 cm³/mol. The number of amides is 1. The lowest BCUT2D eigenvalue weighted by Gasteiger charge is -2.17. The average Bonchev–Trinajstić information content (AvgIpc) is 3.16. The Bertz CT molecular complexity index is 1080. The van der Waals surface area contributed by atoms with Crippen LogP contribution in [-0.4, -0.2) is 45.4 Å². The van der Waals surface area contributed by atoms with Crippen molar-refractivity contribution in [3.8, 4) is 28.4 Å². The average molecular weight is 434 g/mol. The van der Waals surface area contributed by atoms with Gasteiger partial charge < -0.3 is 15.2 Å². The minimum absolute atomic E-state index is 0.0543. The molecule has 2 aromatic heterocycles. The van der Waals surface area contributed by atoms with Gasteiger partial charge in [0.2, 0.25) is 5.82 Å². The number of nitrogens with zero attached hydrogens (tertiary/aromatic N) is 3. The molecule has 1 aromatic carbocycles. The molecule has 0 saturated carbocycles. The van der Waals surface area contributed by atoms with Gasteiger partial charge in [-0.2, -0.15) is 13.2 Å². The molecule has 0 fully saturated rings. The van der Waals surface area contributed by atoms with Crippen LogP contribution in [0.15, 0.2) is 42.9 Å². The van der Waals surface area contributed by atoms with Gasteiger partial charge >= 0.3 is 6.18 Å². The molecule has 0 aliphatic rings. The van der Waals surface area contributed by atoms with Crippen molar-refractivity contribution in [3.63, 3.8) is 0 Å². The molecular weight excluding hydrogens is 413 g/mol. The van der Waals surface area contributed by atoms with Gasteiger partial charge in [0.25, 0.3) is 5.91 Å². The Morgan fingerprint density at radius 1 is 1.29 bits per heavy atom. The van der Waals surface area contributed by atoms with Crippen LogP contribution < -0.4 is 10.1 Å². The second-order valence-electron chi connectivity index (χ2n) is 7.08. The SMILES string of the molecule is COc1cc(O)c(-c2cnc(C(=O)NCC(F)(F)F)n2-c2cccnc2)cc1C(C)C. The highest BCUT2D eigenvalue weighted by molar-refractivity contribution is 5.93. The van der Waals surface area contributed by atoms with E-state index in [1.165, 1.54) is 36.3 Å². The van der Waals surface area contributed by atoms with E-state index >= 15 is 0 Å². The largest absolute Gasteiger partial charge is 0.507 e. The third-order valence-electron chi connectivity index (χ3n) is 4.56. The first-order valence-electron chi connectivity index (χ1n) is 9.36. The van der Waals surface area contributed by atoms with Crippen LogP contribution in [0.1, 0.15) is 35.9 Å². The normalized spacial score (nSPS) is 11.6. The summed E-state index contributed by atoms with van der Waals surface area (Å²) < 4.78 is 44.4. The Kier molecular flexibility index (Phi) is 6.19. The molecule has 10 heteroatoms. The molecule has 0 bridgehead atoms. The number of pyridine rings is 1. The second-order valence-corrected chi connectivity index (χ2v) is 7.08. The summed E-state index contributed by atoms with van der Waals surface area (Å²) >= 11 is 0. The number of phenolic OH excluding ortho intramolecular Hbond substituents is 1. The number of carbonyl (C=O) groups excluding carboxylic acids is 1. The molecular formula is C21H21F3N4O3. The number of hydrogen-bond acceptors (Lipinski definition) is 5. The number of methoxy groups -OCH3 is 1. The van der Waals surface area contributed by atoms with Crippen molar-refractivity contribution in [2.24, 2.45) is 0 Å². The van der Waals surface area contributed by atoms with Gasteiger partial charge in [-0.1, -0.05) is 13.8 Å². The molecule has 0 saturated heterocycles. The van der Waals surface area contributed by atoms with Gasteiger partial charge in [-0.15, -0.1) is 0 Å². The van der Waals surface area contributed by atoms with E-state index in [9.17, 15) is 23.1 Å². The molecule has 0 unspecified atom stereocenters. The van der Waals surface area contributed by atoms with Crippen LogP contribution in [-0.2, 0) is 0 Å². The number of nitrogens with one attached hydrogen (secondary N) is 1. The van der Waals surface area contributed by atoms with Crippen LogP contribution >= 0.6 is 0 Å². The summed E-state index contributed by atoms with van der Waals surface area (Å²) in [7, 11) is 1.49. The monoisotopic (exact) mass is 434 g/mol. The van der Waals surface area contributed by atoms with E-state index in [2.05, 4.69) is 9.97 Å². The number of rotatable bonds is 6. The van der Waals surface area contributed by atoms with Crippen LogP contribution in [0.3, 0.4) is 0 Å². The van der Waals surface area contributed by atoms with Gasteiger partial charge in [-0.05, 0) is 29.7 Å². The standard InChI is InChI=1S/C21H21F3N4O3/c1-12(2)14-7-15(17(29)8-18(14)31-3)16-10-26-19(20(30)27-11-21(22,23)24)28(16)13-5-4-6-25-9-13/h4-10,12,29H,11H2,1-3H3,(H,27,30). The number of hydrogen-bond donors (Lipinski definition) is 2. The number of phenols is 1. The molecule has 0 aliphatic carbocycles. The topological polar surface area (TPSA) is 89.3 Å². The quantitative estimate of drug-likeness (QED) is 0.611. The lowest BCUT2D eigenvalue weighted by Crippen LogP contribution is -2.35. The molecule has 0 spiro atoms. The lowest BCUT2D eigenvalue weighted by atomic mass is 9.97. The third-order valence-corrected chi connectivity index (χ3v) is 4.56. The molecule has 0 aliphatic heterocycles. The second kappa shape index (κ2) is 8.66. The molecule has 31 heavy (non-hydrogen) atoms. The van der Waals surface area contributed by atoms with Crippen molar-refractivity contribution in [1.29, 1.82) is 0 Å². The Labute approximate surface area is 176 Å². The Morgan fingerprint density at radius 2 is 2.03 bits per heavy atom. The molecule has 0 atom stereocenters. The van der Waals surface area contributed by atoms with E-state index in [1.54, 1.807) is 18.2 Å². The summed E-state index contributed by atoms with van der Waals surface area (Å²) in [6.45, 7) is 2.41. The number of aromatic nitrogens is 3. The number of benzene rings is 1. The summed E-state index contributed by atoms with van der Waals surface area (Å²) in [6, 6.07) is 6.40. The Morgan fingerprint density at radius 3 is 2.61 bits per heavy atom. The van der Waals surface area contributed by atoms with Crippen LogP contribution in [0.25, 0.3) is 16.9 Å². The van der Waals surface area contributed by atoms with Gasteiger partial charge in [0.1, 0.15) is 18.0 Å². The highest BCUT2D eigenvalue weighted by Crippen LogP contribution is 2.39. The summed E-state index contributed by atoms with van der Waals surface area (Å²) in [6.07, 6.45) is -0.285. The van der Waals surface area contributed by atoms with Crippen molar-refractivity contribution in [2.75, 3.05) is 13.7 Å². The van der Waals surface area contributed by atoms with E-state index in [1.807, 2.05) is 19.2 Å². The number of alkyl halides is 3. The van der Waals surface area contributed by atoms with Gasteiger partial charge in [-0.25, -0.2) is 4.98 Å². The van der Waals surface area contributed by atoms with Crippen molar-refractivity contribution in [3.05, 3.63) is 54.2 Å². The highest BCUT2D eigenvalue weighted by Gasteiger charge is 2.30. The zero-order valence-electron chi connectivity index (χ0n) is 17.1. The fourth-order valence-electron chi connectivity index (χ4n) is 3.13. The van der Waals surface area contributed by atoms with E-state index in [0.29, 0.717) is 22.7 Å². The van der Waals surface area contributed by atoms with Gasteiger partial charge in [0.15, 0.2) is 0 Å². The molecule has 3 rings (SSSR count). The minimum Gasteiger partial charge on any atom is -0.507 e. The molecule has 164 valence electrons. The number of ether oxygens (including phenoxy) is 1. The Hall–Kier alpha value is -3.56. The number of imidazole rings is 1. The molecule has 1 amide bonds. The number of aromatic hydroxyl groups is 1. The molecule has 7 nitrogen and oxygen atoms in total. The number of carbonyl (C=O) groups is 1. The third kappa shape index (κ3) is 4.79. The highest BCUT2D eigenvalue weighted by atomic mass is 19.4. The predicted octanol–water partition coefficient (Wildman–Crippen LogP) is 4.06. The minimum atomic E-state index is -4.56. The summed E-state index contributed by atoms with van der Waals surface area (Å²) in [5, 5.41) is 12.5. The molecule has 2 N–H and O–H groups in total. The number of halogens is 3. The maximum Gasteiger partial charge on any atom is 0.405 e. The van der Waals surface area contributed by atoms with Crippen LogP contribution in [0.2, 0.25) is 0 Å². The van der Waals surface area contributed by atoms with E-state index in [0.717, 1.165) is 5.56 Å². The zero-order chi connectivity index (χ0) is 22.8. The summed E-state index contributed by atoms with van der Waals surface area (Å²) in [5.41, 5.74) is 1.86. The van der Waals surface area contributed by atoms with Crippen LogP contribution in [0.5, 0.6) is 11.5 Å². The molecule has 3 aromatic rings. The van der Waals surface area contributed by atoms with Crippen molar-refractivity contribution >= 4 is 5.91 Å². The van der Waals surface area contributed by atoms with Crippen LogP contribution in [0, 0.1) is 0 Å². The summed E-state index contributed by atoms with van der Waals surface area (Å²) in [4.78, 5) is 20.5. The van der Waals surface area contributed by atoms with Crippen molar-refractivity contribution in [2.45, 2.75) is 25.9 Å². The van der Waals surface area contributed by atoms with E-state index in [-0.39, 0.29) is 17.5 Å². The van der Waals surface area contributed by atoms with E-state index < -0.39 is 18.6 Å². The summed E-state index contributed by atoms with van der Waals surface area (Å²) in [5.74, 6) is -0.864. The zero-order valence-corrected chi connectivity index (χ0v) is 17.1. The lowest BCUT2D eigenvalue weighted by molar-refractivity contribution is -0.123. The maximum atomic E-state index is 12.6. The van der Waals surface area contributed by atoms with Gasteiger partial charge in [0.05, 0.1) is 30.9 Å². The van der Waals surface area contributed by atoms with Gasteiger partial charge in [0, 0.05) is 17.8 Å². The first kappa shape index (κ1) is 22.1. The fourth-order valence-corrected chi connectivity index (χ4v) is 3.13. The Balaban J connectivity index is 2.17. The maximum absolute atomic E-state index is 12.6. The first-order chi connectivity index (χ1) is 14.6.